The Morgan fingerprint density at radius 1 is 1.40 bits per heavy atom. The molecular weight excluding hydrogens is 190 g/mol. The molecule has 0 aliphatic heterocycles. The van der Waals surface area contributed by atoms with E-state index in [4.69, 9.17) is 4.74 Å². The molecule has 0 saturated carbocycles. The van der Waals surface area contributed by atoms with Gasteiger partial charge in [0.25, 0.3) is 0 Å². The first-order valence-corrected chi connectivity index (χ1v) is 4.91. The van der Waals surface area contributed by atoms with Gasteiger partial charge < -0.3 is 4.74 Å². The van der Waals surface area contributed by atoms with Gasteiger partial charge >= 0.3 is 0 Å². The topological polar surface area (TPSA) is 39.9 Å². The van der Waals surface area contributed by atoms with E-state index in [1.54, 1.807) is 10.9 Å². The smallest absolute Gasteiger partial charge is 0.215 e. The van der Waals surface area contributed by atoms with Gasteiger partial charge in [0, 0.05) is 18.5 Å². The van der Waals surface area contributed by atoms with E-state index < -0.39 is 0 Å². The summed E-state index contributed by atoms with van der Waals surface area (Å²) in [5.74, 6) is 0.628. The molecule has 15 heavy (non-hydrogen) atoms. The fraction of sp³-hybridized carbons (Fsp3) is 0.273. The van der Waals surface area contributed by atoms with Crippen molar-refractivity contribution in [3.05, 3.63) is 36.3 Å². The molecule has 0 spiro atoms. The molecule has 0 unspecified atom stereocenters. The van der Waals surface area contributed by atoms with Crippen LogP contribution < -0.4 is 4.74 Å². The Morgan fingerprint density at radius 3 is 2.93 bits per heavy atom. The molecule has 0 aliphatic rings. The van der Waals surface area contributed by atoms with Gasteiger partial charge in [0.2, 0.25) is 5.88 Å². The van der Waals surface area contributed by atoms with Crippen molar-refractivity contribution in [2.24, 2.45) is 0 Å². The third kappa shape index (κ3) is 2.15. The molecule has 0 bridgehead atoms. The minimum Gasteiger partial charge on any atom is -0.478 e. The third-order valence-electron chi connectivity index (χ3n) is 2.00. The van der Waals surface area contributed by atoms with Crippen LogP contribution in [0.1, 0.15) is 12.6 Å². The Balaban J connectivity index is 2.32. The summed E-state index contributed by atoms with van der Waals surface area (Å²) in [5, 5.41) is 4.32. The maximum absolute atomic E-state index is 5.32. The average molecular weight is 203 g/mol. The van der Waals surface area contributed by atoms with Crippen molar-refractivity contribution in [1.82, 2.24) is 14.8 Å². The Bertz CT molecular complexity index is 451. The van der Waals surface area contributed by atoms with E-state index >= 15 is 0 Å². The van der Waals surface area contributed by atoms with E-state index in [1.165, 1.54) is 0 Å². The van der Waals surface area contributed by atoms with Crippen LogP contribution in [0.15, 0.2) is 30.6 Å². The quantitative estimate of drug-likeness (QED) is 0.765. The zero-order chi connectivity index (χ0) is 10.7. The van der Waals surface area contributed by atoms with Crippen LogP contribution in [0.3, 0.4) is 0 Å². The maximum atomic E-state index is 5.32. The van der Waals surface area contributed by atoms with Crippen LogP contribution in [0.2, 0.25) is 0 Å². The largest absolute Gasteiger partial charge is 0.478 e. The van der Waals surface area contributed by atoms with Gasteiger partial charge in [-0.1, -0.05) is 0 Å². The summed E-state index contributed by atoms with van der Waals surface area (Å²) in [7, 11) is 0. The lowest BCUT2D eigenvalue weighted by atomic mass is 10.4. The summed E-state index contributed by atoms with van der Waals surface area (Å²) in [6.45, 7) is 4.52. The van der Waals surface area contributed by atoms with E-state index in [9.17, 15) is 0 Å². The van der Waals surface area contributed by atoms with E-state index in [-0.39, 0.29) is 0 Å². The molecule has 2 aromatic rings. The summed E-state index contributed by atoms with van der Waals surface area (Å²) in [6, 6.07) is 5.73. The Labute approximate surface area is 88.5 Å². The number of ether oxygens (including phenoxy) is 1. The van der Waals surface area contributed by atoms with Crippen molar-refractivity contribution in [2.75, 3.05) is 6.61 Å². The zero-order valence-electron chi connectivity index (χ0n) is 8.84. The number of pyridine rings is 1. The minimum atomic E-state index is 0.620. The van der Waals surface area contributed by atoms with Crippen molar-refractivity contribution in [1.29, 1.82) is 0 Å². The second-order valence-corrected chi connectivity index (χ2v) is 3.19. The SMILES string of the molecule is CCOc1cc(-n2ccc(C)n2)ccn1. The zero-order valence-corrected chi connectivity index (χ0v) is 8.84. The molecule has 4 heteroatoms. The molecule has 0 amide bonds. The standard InChI is InChI=1S/C11H13N3O/c1-3-15-11-8-10(4-6-12-11)14-7-5-9(2)13-14/h4-8H,3H2,1-2H3. The lowest BCUT2D eigenvalue weighted by Gasteiger charge is -2.04. The van der Waals surface area contributed by atoms with Crippen molar-refractivity contribution in [2.45, 2.75) is 13.8 Å². The Kier molecular flexibility index (Phi) is 2.67. The van der Waals surface area contributed by atoms with Crippen LogP contribution in [-0.2, 0) is 0 Å². The predicted octanol–water partition coefficient (Wildman–Crippen LogP) is 1.97. The van der Waals surface area contributed by atoms with E-state index in [0.717, 1.165) is 11.4 Å². The number of hydrogen-bond donors (Lipinski definition) is 0. The third-order valence-corrected chi connectivity index (χ3v) is 2.00. The van der Waals surface area contributed by atoms with Crippen molar-refractivity contribution >= 4 is 0 Å². The van der Waals surface area contributed by atoms with Crippen molar-refractivity contribution in [3.63, 3.8) is 0 Å². The van der Waals surface area contributed by atoms with Gasteiger partial charge in [-0.15, -0.1) is 0 Å². The van der Waals surface area contributed by atoms with Crippen LogP contribution in [0, 0.1) is 6.92 Å². The van der Waals surface area contributed by atoms with Crippen molar-refractivity contribution in [3.8, 4) is 11.6 Å². The Morgan fingerprint density at radius 2 is 2.27 bits per heavy atom. The van der Waals surface area contributed by atoms with Gasteiger partial charge in [-0.25, -0.2) is 9.67 Å². The van der Waals surface area contributed by atoms with Gasteiger partial charge in [-0.2, -0.15) is 5.10 Å². The highest BCUT2D eigenvalue weighted by Gasteiger charge is 2.00. The van der Waals surface area contributed by atoms with Gasteiger partial charge in [0.1, 0.15) is 0 Å². The lowest BCUT2D eigenvalue weighted by Crippen LogP contribution is -1.98. The number of nitrogens with zero attached hydrogens (tertiary/aromatic N) is 3. The minimum absolute atomic E-state index is 0.620. The van der Waals surface area contributed by atoms with Crippen LogP contribution >= 0.6 is 0 Å². The molecule has 4 nitrogen and oxygen atoms in total. The summed E-state index contributed by atoms with van der Waals surface area (Å²) < 4.78 is 7.13. The highest BCUT2D eigenvalue weighted by Crippen LogP contribution is 2.13. The van der Waals surface area contributed by atoms with Gasteiger partial charge in [0.15, 0.2) is 0 Å². The van der Waals surface area contributed by atoms with Crippen LogP contribution in [0.5, 0.6) is 5.88 Å². The number of rotatable bonds is 3. The van der Waals surface area contributed by atoms with Gasteiger partial charge in [-0.05, 0) is 26.0 Å². The number of aryl methyl sites for hydroxylation is 1. The lowest BCUT2D eigenvalue weighted by molar-refractivity contribution is 0.326. The second kappa shape index (κ2) is 4.13. The van der Waals surface area contributed by atoms with E-state index in [1.807, 2.05) is 38.2 Å². The molecule has 0 radical (unpaired) electrons. The molecule has 0 aliphatic carbocycles. The first-order chi connectivity index (χ1) is 7.29. The summed E-state index contributed by atoms with van der Waals surface area (Å²) in [5.41, 5.74) is 1.95. The molecule has 0 fully saturated rings. The molecule has 2 rings (SSSR count). The second-order valence-electron chi connectivity index (χ2n) is 3.19. The molecule has 0 aromatic carbocycles. The molecule has 0 atom stereocenters. The number of hydrogen-bond acceptors (Lipinski definition) is 3. The molecule has 2 aromatic heterocycles. The summed E-state index contributed by atoms with van der Waals surface area (Å²) in [6.07, 6.45) is 3.64. The summed E-state index contributed by atoms with van der Waals surface area (Å²) >= 11 is 0. The summed E-state index contributed by atoms with van der Waals surface area (Å²) in [4.78, 5) is 4.10. The Hall–Kier alpha value is -1.84. The van der Waals surface area contributed by atoms with E-state index in [2.05, 4.69) is 10.1 Å². The molecule has 0 N–H and O–H groups in total. The first-order valence-electron chi connectivity index (χ1n) is 4.91. The highest BCUT2D eigenvalue weighted by atomic mass is 16.5. The maximum Gasteiger partial charge on any atom is 0.215 e. The normalized spacial score (nSPS) is 10.3. The monoisotopic (exact) mass is 203 g/mol. The molecular formula is C11H13N3O. The van der Waals surface area contributed by atoms with Crippen LogP contribution in [0.25, 0.3) is 5.69 Å². The average Bonchev–Trinajstić information content (AvgIpc) is 2.66. The molecule has 0 saturated heterocycles. The number of aromatic nitrogens is 3. The highest BCUT2D eigenvalue weighted by molar-refractivity contribution is 5.33. The van der Waals surface area contributed by atoms with E-state index in [0.29, 0.717) is 12.5 Å². The first kappa shape index (κ1) is 9.71. The fourth-order valence-electron chi connectivity index (χ4n) is 1.33. The molecule has 78 valence electrons. The van der Waals surface area contributed by atoms with Crippen molar-refractivity contribution < 1.29 is 4.74 Å². The predicted molar refractivity (Wildman–Crippen MR) is 57.3 cm³/mol. The van der Waals surface area contributed by atoms with Gasteiger partial charge in [-0.3, -0.25) is 0 Å². The van der Waals surface area contributed by atoms with Crippen LogP contribution in [0.4, 0.5) is 0 Å². The van der Waals surface area contributed by atoms with Crippen LogP contribution in [-0.4, -0.2) is 21.4 Å². The fourth-order valence-corrected chi connectivity index (χ4v) is 1.33. The molecule has 2 heterocycles. The van der Waals surface area contributed by atoms with Gasteiger partial charge in [0.05, 0.1) is 18.0 Å².